The number of aliphatic carboxylic acids is 1. The number of nitrogens with two attached hydrogens (primary N) is 2. The van der Waals surface area contributed by atoms with Gasteiger partial charge in [-0.25, -0.2) is 4.79 Å². The minimum absolute atomic E-state index is 0.0342. The van der Waals surface area contributed by atoms with Crippen molar-refractivity contribution in [3.05, 3.63) is 0 Å². The van der Waals surface area contributed by atoms with Crippen LogP contribution < -0.4 is 27.4 Å². The molecule has 0 bridgehead atoms. The van der Waals surface area contributed by atoms with Crippen molar-refractivity contribution in [1.29, 1.82) is 0 Å². The van der Waals surface area contributed by atoms with Crippen molar-refractivity contribution < 1.29 is 29.1 Å². The van der Waals surface area contributed by atoms with E-state index in [0.717, 1.165) is 0 Å². The predicted molar refractivity (Wildman–Crippen MR) is 135 cm³/mol. The highest BCUT2D eigenvalue weighted by Crippen LogP contribution is 2.09. The number of nitrogens with one attached hydrogen (secondary N) is 3. The Kier molecular flexibility index (Phi) is 16.4. The first-order valence-corrected chi connectivity index (χ1v) is 13.9. The van der Waals surface area contributed by atoms with Crippen LogP contribution in [0.5, 0.6) is 0 Å². The number of rotatable bonds is 18. The minimum Gasteiger partial charge on any atom is -0.480 e. The summed E-state index contributed by atoms with van der Waals surface area (Å²) in [7, 11) is 0. The molecule has 0 aliphatic heterocycles. The average molecular weight is 522 g/mol. The number of carboxylic acids is 1. The summed E-state index contributed by atoms with van der Waals surface area (Å²) in [5.74, 6) is -2.35. The summed E-state index contributed by atoms with van der Waals surface area (Å²) in [4.78, 5) is 60.8. The fraction of sp³-hybridized carbons (Fsp3) is 0.762. The number of amides is 4. The number of carbonyl (C=O) groups excluding carboxylic acids is 4. The molecule has 0 saturated carbocycles. The molecule has 0 saturated heterocycles. The Morgan fingerprint density at radius 3 is 1.74 bits per heavy atom. The quantitative estimate of drug-likeness (QED) is 0.140. The summed E-state index contributed by atoms with van der Waals surface area (Å²) in [5, 5.41) is 17.2. The third kappa shape index (κ3) is 13.7. The van der Waals surface area contributed by atoms with Crippen LogP contribution in [0.1, 0.15) is 46.0 Å². The van der Waals surface area contributed by atoms with Crippen molar-refractivity contribution in [1.82, 2.24) is 16.0 Å². The van der Waals surface area contributed by atoms with Crippen molar-refractivity contribution in [3.63, 3.8) is 0 Å². The zero-order valence-corrected chi connectivity index (χ0v) is 21.9. The Hall–Kier alpha value is -1.99. The van der Waals surface area contributed by atoms with Crippen LogP contribution in [0, 0.1) is 5.92 Å². The van der Waals surface area contributed by atoms with Gasteiger partial charge in [-0.3, -0.25) is 19.2 Å². The number of carboxylic acid groups (broad SMARTS) is 1. The van der Waals surface area contributed by atoms with Gasteiger partial charge in [-0.05, 0) is 55.6 Å². The third-order valence-corrected chi connectivity index (χ3v) is 6.14. The van der Waals surface area contributed by atoms with Crippen molar-refractivity contribution in [2.24, 2.45) is 17.4 Å². The maximum atomic E-state index is 13.0. The number of primary amides is 1. The Bertz CT molecular complexity index is 695. The zero-order valence-electron chi connectivity index (χ0n) is 20.3. The van der Waals surface area contributed by atoms with Crippen molar-refractivity contribution >= 4 is 53.1 Å². The summed E-state index contributed by atoms with van der Waals surface area (Å²) in [6.45, 7) is 3.75. The molecule has 0 rings (SSSR count). The molecule has 0 fully saturated rings. The fourth-order valence-corrected chi connectivity index (χ4v) is 3.90. The highest BCUT2D eigenvalue weighted by molar-refractivity contribution is 7.98. The number of hydrogen-bond donors (Lipinski definition) is 6. The lowest BCUT2D eigenvalue weighted by atomic mass is 10.0. The molecule has 34 heavy (non-hydrogen) atoms. The molecule has 0 radical (unpaired) electrons. The molecule has 0 aliphatic rings. The van der Waals surface area contributed by atoms with Gasteiger partial charge < -0.3 is 32.5 Å². The SMILES string of the molecule is CSCCC(NC(=O)C(CC(C)C)NC(=O)C(CCSC)NC(=O)C(N)CCC(N)=O)C(=O)O. The van der Waals surface area contributed by atoms with Gasteiger partial charge in [-0.1, -0.05) is 13.8 Å². The van der Waals surface area contributed by atoms with Gasteiger partial charge in [0.15, 0.2) is 0 Å². The molecule has 0 aromatic rings. The minimum atomic E-state index is -1.15. The van der Waals surface area contributed by atoms with Gasteiger partial charge in [-0.15, -0.1) is 0 Å². The second-order valence-corrected chi connectivity index (χ2v) is 10.3. The van der Waals surface area contributed by atoms with E-state index in [9.17, 15) is 29.1 Å². The molecule has 4 amide bonds. The van der Waals surface area contributed by atoms with Crippen LogP contribution in [0.2, 0.25) is 0 Å². The van der Waals surface area contributed by atoms with Gasteiger partial charge in [0, 0.05) is 6.42 Å². The second kappa shape index (κ2) is 17.4. The van der Waals surface area contributed by atoms with Gasteiger partial charge >= 0.3 is 5.97 Å². The summed E-state index contributed by atoms with van der Waals surface area (Å²) in [6.07, 6.45) is 4.50. The van der Waals surface area contributed by atoms with Gasteiger partial charge in [0.05, 0.1) is 6.04 Å². The first kappa shape index (κ1) is 32.0. The first-order valence-electron chi connectivity index (χ1n) is 11.1. The number of hydrogen-bond acceptors (Lipinski definition) is 8. The Morgan fingerprint density at radius 2 is 1.26 bits per heavy atom. The summed E-state index contributed by atoms with van der Waals surface area (Å²) >= 11 is 2.95. The van der Waals surface area contributed by atoms with E-state index in [1.54, 1.807) is 0 Å². The van der Waals surface area contributed by atoms with Crippen LogP contribution in [0.25, 0.3) is 0 Å². The predicted octanol–water partition coefficient (Wildman–Crippen LogP) is -0.329. The Labute approximate surface area is 209 Å². The number of carbonyl (C=O) groups is 5. The average Bonchev–Trinajstić information content (AvgIpc) is 2.76. The molecule has 13 heteroatoms. The molecule has 0 heterocycles. The zero-order chi connectivity index (χ0) is 26.3. The summed E-state index contributed by atoms with van der Waals surface area (Å²) in [5.41, 5.74) is 10.9. The van der Waals surface area contributed by atoms with Crippen LogP contribution in [0.4, 0.5) is 0 Å². The van der Waals surface area contributed by atoms with Gasteiger partial charge in [-0.2, -0.15) is 23.5 Å². The smallest absolute Gasteiger partial charge is 0.326 e. The molecule has 196 valence electrons. The lowest BCUT2D eigenvalue weighted by Gasteiger charge is -2.26. The fourth-order valence-electron chi connectivity index (χ4n) is 2.95. The molecule has 8 N–H and O–H groups in total. The van der Waals surface area contributed by atoms with Crippen molar-refractivity contribution in [2.45, 2.75) is 70.1 Å². The maximum absolute atomic E-state index is 13.0. The van der Waals surface area contributed by atoms with Crippen LogP contribution in [0.3, 0.4) is 0 Å². The maximum Gasteiger partial charge on any atom is 0.326 e. The van der Waals surface area contributed by atoms with E-state index in [2.05, 4.69) is 16.0 Å². The largest absolute Gasteiger partial charge is 0.480 e. The van der Waals surface area contributed by atoms with Gasteiger partial charge in [0.2, 0.25) is 23.6 Å². The van der Waals surface area contributed by atoms with E-state index in [0.29, 0.717) is 17.9 Å². The van der Waals surface area contributed by atoms with Gasteiger partial charge in [0.25, 0.3) is 0 Å². The topological polar surface area (TPSA) is 194 Å². The monoisotopic (exact) mass is 521 g/mol. The molecule has 0 aromatic heterocycles. The molecule has 0 aliphatic carbocycles. The first-order chi connectivity index (χ1) is 15.9. The lowest BCUT2D eigenvalue weighted by molar-refractivity contribution is -0.142. The van der Waals surface area contributed by atoms with Crippen LogP contribution >= 0.6 is 23.5 Å². The van der Waals surface area contributed by atoms with Crippen LogP contribution in [-0.2, 0) is 24.0 Å². The molecular formula is C21H39N5O6S2. The van der Waals surface area contributed by atoms with E-state index in [1.165, 1.54) is 23.5 Å². The number of thioether (sulfide) groups is 2. The molecule has 0 aromatic carbocycles. The molecule has 11 nitrogen and oxygen atoms in total. The highest BCUT2D eigenvalue weighted by atomic mass is 32.2. The van der Waals surface area contributed by atoms with E-state index in [1.807, 2.05) is 26.4 Å². The normalized spacial score (nSPS) is 14.5. The van der Waals surface area contributed by atoms with E-state index in [4.69, 9.17) is 11.5 Å². The van der Waals surface area contributed by atoms with E-state index < -0.39 is 53.8 Å². The highest BCUT2D eigenvalue weighted by Gasteiger charge is 2.30. The Balaban J connectivity index is 5.40. The van der Waals surface area contributed by atoms with Crippen molar-refractivity contribution in [3.8, 4) is 0 Å². The molecule has 0 spiro atoms. The van der Waals surface area contributed by atoms with Gasteiger partial charge in [0.1, 0.15) is 18.1 Å². The standard InChI is InChI=1S/C21H39N5O6S2/c1-12(2)11-16(20(30)25-15(21(31)32)8-10-34-4)26-19(29)14(7-9-33-3)24-18(28)13(22)5-6-17(23)27/h12-16H,5-11,22H2,1-4H3,(H2,23,27)(H,24,28)(H,25,30)(H,26,29)(H,31,32). The third-order valence-electron chi connectivity index (χ3n) is 4.85. The molecule has 4 atom stereocenters. The van der Waals surface area contributed by atoms with Crippen LogP contribution in [-0.4, -0.2) is 82.9 Å². The molecular weight excluding hydrogens is 482 g/mol. The lowest BCUT2D eigenvalue weighted by Crippen LogP contribution is -2.57. The molecule has 4 unspecified atom stereocenters. The van der Waals surface area contributed by atoms with Crippen molar-refractivity contribution in [2.75, 3.05) is 24.0 Å². The van der Waals surface area contributed by atoms with E-state index in [-0.39, 0.29) is 31.6 Å². The van der Waals surface area contributed by atoms with Crippen LogP contribution in [0.15, 0.2) is 0 Å². The Morgan fingerprint density at radius 1 is 0.794 bits per heavy atom. The second-order valence-electron chi connectivity index (χ2n) is 8.33. The van der Waals surface area contributed by atoms with E-state index >= 15 is 0 Å². The summed E-state index contributed by atoms with van der Waals surface area (Å²) in [6, 6.07) is -4.00. The summed E-state index contributed by atoms with van der Waals surface area (Å²) < 4.78 is 0.